The molecule has 0 radical (unpaired) electrons. The molecule has 1 aromatic carbocycles. The minimum Gasteiger partial charge on any atom is -0.468 e. The Morgan fingerprint density at radius 3 is 2.78 bits per heavy atom. The first kappa shape index (κ1) is 11.2. The van der Waals surface area contributed by atoms with Crippen molar-refractivity contribution < 1.29 is 14.6 Å². The molecule has 1 N–H and O–H groups in total. The van der Waals surface area contributed by atoms with Gasteiger partial charge in [0.05, 0.1) is 5.92 Å². The van der Waals surface area contributed by atoms with Gasteiger partial charge in [-0.15, -0.1) is 0 Å². The summed E-state index contributed by atoms with van der Waals surface area (Å²) in [4.78, 5) is 12.5. The molecule has 1 aliphatic carbocycles. The Bertz CT molecular complexity index is 516. The molecular weight excluding hydrogens is 228 g/mol. The number of hydrogen-bond acceptors (Lipinski definition) is 3. The molecule has 0 spiro atoms. The van der Waals surface area contributed by atoms with E-state index in [4.69, 9.17) is 4.74 Å². The summed E-state index contributed by atoms with van der Waals surface area (Å²) in [6, 6.07) is 9.31. The Balaban J connectivity index is 1.95. The van der Waals surface area contributed by atoms with Crippen LogP contribution in [-0.2, 0) is 9.53 Å². The van der Waals surface area contributed by atoms with E-state index < -0.39 is 12.2 Å². The smallest absolute Gasteiger partial charge is 0.210 e. The highest BCUT2D eigenvalue weighted by atomic mass is 16.6. The van der Waals surface area contributed by atoms with E-state index in [2.05, 4.69) is 0 Å². The van der Waals surface area contributed by atoms with Crippen molar-refractivity contribution in [1.82, 2.24) is 0 Å². The lowest BCUT2D eigenvalue weighted by Gasteiger charge is -2.35. The zero-order valence-electron chi connectivity index (χ0n) is 9.82. The molecule has 1 fully saturated rings. The van der Waals surface area contributed by atoms with Crippen LogP contribution in [0.3, 0.4) is 0 Å². The van der Waals surface area contributed by atoms with Gasteiger partial charge in [0.1, 0.15) is 11.7 Å². The van der Waals surface area contributed by atoms with Crippen LogP contribution in [0.25, 0.3) is 0 Å². The summed E-state index contributed by atoms with van der Waals surface area (Å²) in [5.41, 5.74) is 0.809. The first-order valence-electron chi connectivity index (χ1n) is 6.07. The number of aliphatic hydroxyl groups is 1. The molecule has 3 rings (SSSR count). The molecule has 0 aromatic heterocycles. The molecule has 0 saturated carbocycles. The molecule has 3 atom stereocenters. The monoisotopic (exact) mass is 242 g/mol. The largest absolute Gasteiger partial charge is 0.468 e. The molecule has 3 heteroatoms. The van der Waals surface area contributed by atoms with E-state index in [1.54, 1.807) is 6.08 Å². The summed E-state index contributed by atoms with van der Waals surface area (Å²) in [6.07, 6.45) is 5.13. The number of carbonyl (C=O) groups is 1. The van der Waals surface area contributed by atoms with E-state index in [0.717, 1.165) is 5.56 Å². The number of ketones is 1. The second-order valence-electron chi connectivity index (χ2n) is 4.58. The van der Waals surface area contributed by atoms with Crippen molar-refractivity contribution in [3.8, 4) is 0 Å². The minimum absolute atomic E-state index is 0.0375. The van der Waals surface area contributed by atoms with Gasteiger partial charge in [-0.3, -0.25) is 4.79 Å². The second-order valence-corrected chi connectivity index (χ2v) is 4.58. The van der Waals surface area contributed by atoms with Crippen LogP contribution in [-0.4, -0.2) is 17.2 Å². The van der Waals surface area contributed by atoms with Crippen LogP contribution < -0.4 is 0 Å². The molecule has 0 bridgehead atoms. The predicted octanol–water partition coefficient (Wildman–Crippen LogP) is 2.15. The van der Waals surface area contributed by atoms with Crippen molar-refractivity contribution in [2.24, 2.45) is 5.92 Å². The van der Waals surface area contributed by atoms with Gasteiger partial charge in [0, 0.05) is 0 Å². The van der Waals surface area contributed by atoms with Crippen molar-refractivity contribution >= 4 is 5.78 Å². The Kier molecular flexibility index (Phi) is 2.76. The first-order valence-corrected chi connectivity index (χ1v) is 6.07. The van der Waals surface area contributed by atoms with Gasteiger partial charge in [0.15, 0.2) is 5.78 Å². The number of ether oxygens (including phenoxy) is 1. The number of benzene rings is 1. The molecule has 2 aliphatic rings. The van der Waals surface area contributed by atoms with Crippen LogP contribution in [0.2, 0.25) is 0 Å². The minimum atomic E-state index is -1.09. The third kappa shape index (κ3) is 1.77. The molecule has 1 aliphatic heterocycles. The Hall–Kier alpha value is -1.87. The van der Waals surface area contributed by atoms with Crippen molar-refractivity contribution in [1.29, 1.82) is 0 Å². The average molecular weight is 242 g/mol. The van der Waals surface area contributed by atoms with Gasteiger partial charge in [-0.2, -0.15) is 0 Å². The summed E-state index contributed by atoms with van der Waals surface area (Å²) in [6.45, 7) is 0. The highest BCUT2D eigenvalue weighted by Gasteiger charge is 2.42. The van der Waals surface area contributed by atoms with Crippen LogP contribution in [0.15, 0.2) is 54.3 Å². The van der Waals surface area contributed by atoms with Crippen LogP contribution in [0.4, 0.5) is 0 Å². The fourth-order valence-electron chi connectivity index (χ4n) is 2.54. The normalized spacial score (nSPS) is 30.4. The SMILES string of the molecule is O=C1C2CC=CC=C2OC(O)C1c1ccccc1. The summed E-state index contributed by atoms with van der Waals surface area (Å²) < 4.78 is 5.47. The van der Waals surface area contributed by atoms with Gasteiger partial charge in [-0.25, -0.2) is 0 Å². The molecule has 1 aromatic rings. The fraction of sp³-hybridized carbons (Fsp3) is 0.267. The molecule has 92 valence electrons. The quantitative estimate of drug-likeness (QED) is 0.820. The van der Waals surface area contributed by atoms with E-state index in [1.165, 1.54) is 0 Å². The molecule has 3 nitrogen and oxygen atoms in total. The number of rotatable bonds is 1. The molecule has 18 heavy (non-hydrogen) atoms. The Morgan fingerprint density at radius 2 is 2.00 bits per heavy atom. The Labute approximate surface area is 105 Å². The average Bonchev–Trinajstić information content (AvgIpc) is 2.40. The van der Waals surface area contributed by atoms with E-state index >= 15 is 0 Å². The second kappa shape index (κ2) is 4.42. The molecular formula is C15H14O3. The maximum atomic E-state index is 12.5. The van der Waals surface area contributed by atoms with Gasteiger partial charge < -0.3 is 9.84 Å². The first-order chi connectivity index (χ1) is 8.77. The number of Topliss-reactive ketones (excluding diaryl/α,β-unsaturated/α-hetero) is 1. The third-order valence-corrected chi connectivity index (χ3v) is 3.46. The molecule has 3 unspecified atom stereocenters. The maximum Gasteiger partial charge on any atom is 0.210 e. The number of aliphatic hydroxyl groups excluding tert-OH is 1. The lowest BCUT2D eigenvalue weighted by molar-refractivity contribution is -0.153. The summed E-state index contributed by atoms with van der Waals surface area (Å²) in [5.74, 6) is -0.207. The van der Waals surface area contributed by atoms with Gasteiger partial charge in [0.2, 0.25) is 6.29 Å². The highest BCUT2D eigenvalue weighted by Crippen LogP contribution is 2.37. The van der Waals surface area contributed by atoms with E-state index in [1.807, 2.05) is 42.5 Å². The molecule has 1 heterocycles. The maximum absolute atomic E-state index is 12.5. The van der Waals surface area contributed by atoms with Gasteiger partial charge in [0.25, 0.3) is 0 Å². The number of allylic oxidation sites excluding steroid dienone is 4. The number of carbonyl (C=O) groups excluding carboxylic acids is 1. The lowest BCUT2D eigenvalue weighted by atomic mass is 9.80. The van der Waals surface area contributed by atoms with Crippen molar-refractivity contribution in [3.63, 3.8) is 0 Å². The van der Waals surface area contributed by atoms with Gasteiger partial charge in [-0.1, -0.05) is 42.5 Å². The lowest BCUT2D eigenvalue weighted by Crippen LogP contribution is -2.40. The van der Waals surface area contributed by atoms with E-state index in [0.29, 0.717) is 12.2 Å². The highest BCUT2D eigenvalue weighted by molar-refractivity contribution is 5.91. The van der Waals surface area contributed by atoms with Crippen molar-refractivity contribution in [2.75, 3.05) is 0 Å². The standard InChI is InChI=1S/C15H14O3/c16-14-11-8-4-5-9-12(11)18-15(17)13(14)10-6-2-1-3-7-10/h1-7,9,11,13,15,17H,8H2. The number of hydrogen-bond donors (Lipinski definition) is 1. The fourth-order valence-corrected chi connectivity index (χ4v) is 2.54. The topological polar surface area (TPSA) is 46.5 Å². The van der Waals surface area contributed by atoms with Crippen LogP contribution >= 0.6 is 0 Å². The Morgan fingerprint density at radius 1 is 1.22 bits per heavy atom. The van der Waals surface area contributed by atoms with E-state index in [-0.39, 0.29) is 11.7 Å². The van der Waals surface area contributed by atoms with E-state index in [9.17, 15) is 9.90 Å². The van der Waals surface area contributed by atoms with Gasteiger partial charge >= 0.3 is 0 Å². The van der Waals surface area contributed by atoms with Crippen molar-refractivity contribution in [2.45, 2.75) is 18.6 Å². The van der Waals surface area contributed by atoms with Gasteiger partial charge in [-0.05, 0) is 18.1 Å². The molecule has 0 amide bonds. The number of fused-ring (bicyclic) bond motifs is 1. The zero-order valence-corrected chi connectivity index (χ0v) is 9.82. The zero-order chi connectivity index (χ0) is 12.5. The summed E-state index contributed by atoms with van der Waals surface area (Å²) in [5, 5.41) is 10.0. The predicted molar refractivity (Wildman–Crippen MR) is 66.6 cm³/mol. The molecule has 1 saturated heterocycles. The summed E-state index contributed by atoms with van der Waals surface area (Å²) >= 11 is 0. The van der Waals surface area contributed by atoms with Crippen LogP contribution in [0.1, 0.15) is 17.9 Å². The summed E-state index contributed by atoms with van der Waals surface area (Å²) in [7, 11) is 0. The van der Waals surface area contributed by atoms with Crippen LogP contribution in [0, 0.1) is 5.92 Å². The van der Waals surface area contributed by atoms with Crippen molar-refractivity contribution in [3.05, 3.63) is 59.9 Å². The van der Waals surface area contributed by atoms with Crippen LogP contribution in [0.5, 0.6) is 0 Å². The third-order valence-electron chi connectivity index (χ3n) is 3.46.